The van der Waals surface area contributed by atoms with Crippen LogP contribution in [0.5, 0.6) is 0 Å². The molecule has 0 aromatic heterocycles. The second-order valence-corrected chi connectivity index (χ2v) is 6.40. The van der Waals surface area contributed by atoms with Crippen molar-refractivity contribution in [2.45, 2.75) is 11.8 Å². The number of hydrogen-bond donors (Lipinski definition) is 1. The highest BCUT2D eigenvalue weighted by molar-refractivity contribution is 8.16. The lowest BCUT2D eigenvalue weighted by atomic mass is 10.1. The molecule has 18 heavy (non-hydrogen) atoms. The Labute approximate surface area is 114 Å². The maximum atomic E-state index is 11.8. The number of benzene rings is 1. The molecule has 1 rings (SSSR count). The maximum absolute atomic E-state index is 11.8. The number of nitrogens with two attached hydrogens (primary N) is 1. The van der Waals surface area contributed by atoms with Gasteiger partial charge in [-0.05, 0) is 61.5 Å². The average molecular weight is 284 g/mol. The van der Waals surface area contributed by atoms with Crippen molar-refractivity contribution in [3.8, 4) is 0 Å². The van der Waals surface area contributed by atoms with Crippen LogP contribution in [0.15, 0.2) is 34.6 Å². The van der Waals surface area contributed by atoms with Crippen molar-refractivity contribution in [3.05, 3.63) is 35.2 Å². The minimum absolute atomic E-state index is 0.431. The van der Waals surface area contributed by atoms with Gasteiger partial charge in [-0.2, -0.15) is 0 Å². The molecule has 0 aliphatic heterocycles. The topological polar surface area (TPSA) is 63.4 Å². The van der Waals surface area contributed by atoms with Crippen LogP contribution in [0.25, 0.3) is 5.57 Å². The molecule has 1 atom stereocenters. The van der Waals surface area contributed by atoms with Gasteiger partial charge in [0.05, 0.1) is 4.90 Å². The van der Waals surface area contributed by atoms with E-state index in [-0.39, 0.29) is 0 Å². The van der Waals surface area contributed by atoms with Gasteiger partial charge < -0.3 is 5.73 Å². The molecule has 0 spiro atoms. The summed E-state index contributed by atoms with van der Waals surface area (Å²) in [5.74, 6) is 0. The molecule has 0 fully saturated rings. The van der Waals surface area contributed by atoms with Crippen LogP contribution in [-0.2, 0) is 11.0 Å². The van der Waals surface area contributed by atoms with E-state index in [1.165, 1.54) is 0 Å². The van der Waals surface area contributed by atoms with Crippen molar-refractivity contribution in [1.29, 1.82) is 0 Å². The second kappa shape index (κ2) is 6.72. The van der Waals surface area contributed by atoms with Crippen LogP contribution < -0.4 is 5.73 Å². The first-order valence-corrected chi connectivity index (χ1v) is 7.23. The van der Waals surface area contributed by atoms with E-state index >= 15 is 0 Å². The monoisotopic (exact) mass is 284 g/mol. The largest absolute Gasteiger partial charge is 0.360 e. The molecule has 0 saturated carbocycles. The highest BCUT2D eigenvalue weighted by atomic mass is 32.2. The molecule has 0 saturated heterocycles. The van der Waals surface area contributed by atoms with Gasteiger partial charge in [0.15, 0.2) is 0 Å². The summed E-state index contributed by atoms with van der Waals surface area (Å²) >= 11 is 0.958. The lowest BCUT2D eigenvalue weighted by Gasteiger charge is -2.09. The molecule has 0 bridgehead atoms. The Kier molecular flexibility index (Phi) is 5.58. The van der Waals surface area contributed by atoms with Crippen LogP contribution in [0, 0.1) is 0 Å². The zero-order chi connectivity index (χ0) is 13.7. The van der Waals surface area contributed by atoms with E-state index in [0.29, 0.717) is 0 Å². The number of carbonyl (C=O) groups is 1. The standard InChI is InChI=1S/C12H16N2O2S2/c1-9(8-17-12(13)15)10-4-6-11(7-5-10)18(16)14(2)3/h4-8H,1-3H3,(H2,13,15)/b9-8+. The molecule has 1 unspecified atom stereocenters. The van der Waals surface area contributed by atoms with Crippen LogP contribution in [0.1, 0.15) is 12.5 Å². The van der Waals surface area contributed by atoms with Crippen molar-refractivity contribution in [3.63, 3.8) is 0 Å². The Hall–Kier alpha value is -1.11. The Morgan fingerprint density at radius 1 is 1.33 bits per heavy atom. The minimum atomic E-state index is -1.13. The number of allylic oxidation sites excluding steroid dienone is 1. The molecule has 0 radical (unpaired) electrons. The molecule has 6 heteroatoms. The summed E-state index contributed by atoms with van der Waals surface area (Å²) in [7, 11) is 2.39. The zero-order valence-electron chi connectivity index (χ0n) is 10.5. The number of carbonyl (C=O) groups excluding carboxylic acids is 1. The van der Waals surface area contributed by atoms with Crippen molar-refractivity contribution in [1.82, 2.24) is 4.31 Å². The predicted molar refractivity (Wildman–Crippen MR) is 77.4 cm³/mol. The van der Waals surface area contributed by atoms with E-state index in [4.69, 9.17) is 5.73 Å². The third kappa shape index (κ3) is 4.29. The average Bonchev–Trinajstić information content (AvgIpc) is 2.35. The molecular weight excluding hydrogens is 268 g/mol. The van der Waals surface area contributed by atoms with Crippen LogP contribution >= 0.6 is 11.8 Å². The number of thioether (sulfide) groups is 1. The summed E-state index contributed by atoms with van der Waals surface area (Å²) in [6.07, 6.45) is 0. The molecule has 0 aliphatic rings. The smallest absolute Gasteiger partial charge is 0.280 e. The molecule has 4 nitrogen and oxygen atoms in total. The van der Waals surface area contributed by atoms with Gasteiger partial charge in [-0.25, -0.2) is 8.51 Å². The van der Waals surface area contributed by atoms with Gasteiger partial charge in [0.1, 0.15) is 11.0 Å². The Morgan fingerprint density at radius 2 is 1.89 bits per heavy atom. The molecule has 2 N–H and O–H groups in total. The summed E-state index contributed by atoms with van der Waals surface area (Å²) in [5, 5.41) is 1.28. The molecule has 1 aromatic carbocycles. The van der Waals surface area contributed by atoms with Gasteiger partial charge in [-0.1, -0.05) is 12.1 Å². The third-order valence-electron chi connectivity index (χ3n) is 2.19. The fourth-order valence-electron chi connectivity index (χ4n) is 1.26. The van der Waals surface area contributed by atoms with Gasteiger partial charge in [-0.3, -0.25) is 4.79 Å². The van der Waals surface area contributed by atoms with E-state index in [1.54, 1.807) is 23.8 Å². The van der Waals surface area contributed by atoms with E-state index in [2.05, 4.69) is 0 Å². The molecular formula is C12H16N2O2S2. The summed E-state index contributed by atoms with van der Waals surface area (Å²) in [6.45, 7) is 1.90. The van der Waals surface area contributed by atoms with Gasteiger partial charge in [0.25, 0.3) is 5.24 Å². The second-order valence-electron chi connectivity index (χ2n) is 3.82. The van der Waals surface area contributed by atoms with Gasteiger partial charge >= 0.3 is 0 Å². The number of amides is 1. The molecule has 1 aromatic rings. The first kappa shape index (κ1) is 14.9. The number of nitrogens with zero attached hydrogens (tertiary/aromatic N) is 1. The zero-order valence-corrected chi connectivity index (χ0v) is 12.2. The Bertz CT molecular complexity index is 481. The molecule has 0 heterocycles. The van der Waals surface area contributed by atoms with Crippen molar-refractivity contribution >= 4 is 33.6 Å². The first-order chi connectivity index (χ1) is 8.41. The lowest BCUT2D eigenvalue weighted by Crippen LogP contribution is -2.15. The minimum Gasteiger partial charge on any atom is -0.360 e. The highest BCUT2D eigenvalue weighted by Gasteiger charge is 2.06. The quantitative estimate of drug-likeness (QED) is 0.923. The number of rotatable bonds is 4. The van der Waals surface area contributed by atoms with E-state index in [0.717, 1.165) is 27.8 Å². The van der Waals surface area contributed by atoms with E-state index in [1.807, 2.05) is 31.2 Å². The SMILES string of the molecule is C/C(=C\SC(N)=O)c1ccc(S(=O)N(C)C)cc1. The molecule has 1 amide bonds. The highest BCUT2D eigenvalue weighted by Crippen LogP contribution is 2.19. The summed E-state index contributed by atoms with van der Waals surface area (Å²) in [6, 6.07) is 7.39. The van der Waals surface area contributed by atoms with Crippen LogP contribution in [0.2, 0.25) is 0 Å². The van der Waals surface area contributed by atoms with Crippen LogP contribution in [-0.4, -0.2) is 27.8 Å². The normalized spacial score (nSPS) is 13.7. The van der Waals surface area contributed by atoms with Crippen molar-refractivity contribution in [2.24, 2.45) is 5.73 Å². The van der Waals surface area contributed by atoms with Gasteiger partial charge in [0, 0.05) is 0 Å². The van der Waals surface area contributed by atoms with Crippen LogP contribution in [0.4, 0.5) is 4.79 Å². The van der Waals surface area contributed by atoms with E-state index in [9.17, 15) is 9.00 Å². The van der Waals surface area contributed by atoms with Gasteiger partial charge in [-0.15, -0.1) is 0 Å². The van der Waals surface area contributed by atoms with Gasteiger partial charge in [0.2, 0.25) is 0 Å². The first-order valence-electron chi connectivity index (χ1n) is 5.24. The fourth-order valence-corrected chi connectivity index (χ4v) is 2.48. The van der Waals surface area contributed by atoms with Crippen molar-refractivity contribution < 1.29 is 9.00 Å². The number of primary amides is 1. The summed E-state index contributed by atoms with van der Waals surface area (Å²) in [5.41, 5.74) is 6.97. The fraction of sp³-hybridized carbons (Fsp3) is 0.250. The summed E-state index contributed by atoms with van der Waals surface area (Å²) < 4.78 is 13.4. The Morgan fingerprint density at radius 3 is 2.33 bits per heavy atom. The van der Waals surface area contributed by atoms with E-state index < -0.39 is 16.2 Å². The lowest BCUT2D eigenvalue weighted by molar-refractivity contribution is 0.267. The van der Waals surface area contributed by atoms with Crippen molar-refractivity contribution in [2.75, 3.05) is 14.1 Å². The molecule has 98 valence electrons. The third-order valence-corrected chi connectivity index (χ3v) is 4.24. The Balaban J connectivity index is 2.86. The van der Waals surface area contributed by atoms with Crippen LogP contribution in [0.3, 0.4) is 0 Å². The number of hydrogen-bond acceptors (Lipinski definition) is 3. The maximum Gasteiger partial charge on any atom is 0.280 e. The summed E-state index contributed by atoms with van der Waals surface area (Å²) in [4.78, 5) is 11.4. The predicted octanol–water partition coefficient (Wildman–Crippen LogP) is 2.44. The molecule has 0 aliphatic carbocycles.